The normalized spacial score (nSPS) is 10.6. The zero-order valence-electron chi connectivity index (χ0n) is 20.4. The molecule has 6 heteroatoms. The van der Waals surface area contributed by atoms with E-state index in [9.17, 15) is 15.0 Å². The zero-order valence-corrected chi connectivity index (χ0v) is 20.4. The lowest BCUT2D eigenvalue weighted by Crippen LogP contribution is -2.02. The van der Waals surface area contributed by atoms with Gasteiger partial charge in [-0.25, -0.2) is 0 Å². The molecule has 4 aromatic rings. The summed E-state index contributed by atoms with van der Waals surface area (Å²) < 4.78 is 16.9. The van der Waals surface area contributed by atoms with E-state index < -0.39 is 0 Å². The van der Waals surface area contributed by atoms with Gasteiger partial charge in [-0.05, 0) is 77.6 Å². The lowest BCUT2D eigenvalue weighted by Gasteiger charge is -2.17. The van der Waals surface area contributed by atoms with E-state index in [1.165, 1.54) is 12.1 Å². The molecule has 0 aliphatic heterocycles. The number of benzene rings is 4. The average Bonchev–Trinajstić information content (AvgIpc) is 2.88. The van der Waals surface area contributed by atoms with E-state index in [4.69, 9.17) is 14.2 Å². The first-order valence-corrected chi connectivity index (χ1v) is 11.5. The van der Waals surface area contributed by atoms with Gasteiger partial charge in [0, 0.05) is 11.6 Å². The Morgan fingerprint density at radius 2 is 1.25 bits per heavy atom. The number of phenolic OH excluding ortho intramolecular Hbond substituents is 2. The van der Waals surface area contributed by atoms with Crippen LogP contribution in [0.3, 0.4) is 0 Å². The van der Waals surface area contributed by atoms with E-state index in [1.807, 2.05) is 31.2 Å². The molecule has 0 amide bonds. The fraction of sp³-hybridized carbons (Fsp3) is 0.167. The molecule has 0 atom stereocenters. The molecule has 2 N–H and O–H groups in total. The maximum atomic E-state index is 10.9. The average molecular weight is 485 g/mol. The Kier molecular flexibility index (Phi) is 7.44. The Labute approximate surface area is 210 Å². The van der Waals surface area contributed by atoms with Crippen molar-refractivity contribution in [3.05, 3.63) is 101 Å². The Morgan fingerprint density at radius 3 is 1.72 bits per heavy atom. The van der Waals surface area contributed by atoms with Crippen LogP contribution in [0, 0.1) is 13.8 Å². The van der Waals surface area contributed by atoms with Crippen LogP contribution in [0.15, 0.2) is 72.8 Å². The first kappa shape index (κ1) is 24.7. The molecule has 0 aliphatic rings. The molecule has 36 heavy (non-hydrogen) atoms. The Bertz CT molecular complexity index is 1390. The largest absolute Gasteiger partial charge is 0.504 e. The summed E-state index contributed by atoms with van der Waals surface area (Å²) in [6, 6.07) is 21.6. The van der Waals surface area contributed by atoms with E-state index in [-0.39, 0.29) is 18.1 Å². The molecule has 0 radical (unpaired) electrons. The van der Waals surface area contributed by atoms with Gasteiger partial charge in [-0.3, -0.25) is 4.79 Å². The van der Waals surface area contributed by atoms with Gasteiger partial charge in [-0.2, -0.15) is 0 Å². The number of hydrogen-bond donors (Lipinski definition) is 2. The summed E-state index contributed by atoms with van der Waals surface area (Å²) in [5, 5.41) is 20.3. The minimum atomic E-state index is -0.0696. The SMILES string of the molecule is COc1ccc(OCc2cccc(-c3cccc(COc4ccc(C=O)cc4O)c3C)c2C)c(O)c1. The van der Waals surface area contributed by atoms with Crippen LogP contribution in [0.2, 0.25) is 0 Å². The Balaban J connectivity index is 1.54. The Morgan fingerprint density at radius 1 is 0.722 bits per heavy atom. The van der Waals surface area contributed by atoms with Gasteiger partial charge in [0.2, 0.25) is 0 Å². The number of methoxy groups -OCH3 is 1. The molecule has 0 unspecified atom stereocenters. The van der Waals surface area contributed by atoms with Crippen LogP contribution >= 0.6 is 0 Å². The van der Waals surface area contributed by atoms with Crippen LogP contribution in [-0.4, -0.2) is 23.6 Å². The second kappa shape index (κ2) is 10.9. The molecule has 0 saturated carbocycles. The molecule has 6 nitrogen and oxygen atoms in total. The van der Waals surface area contributed by atoms with Crippen LogP contribution < -0.4 is 14.2 Å². The molecule has 0 heterocycles. The maximum absolute atomic E-state index is 10.9. The molecular formula is C30H28O6. The van der Waals surface area contributed by atoms with Gasteiger partial charge >= 0.3 is 0 Å². The summed E-state index contributed by atoms with van der Waals surface area (Å²) >= 11 is 0. The Hall–Kier alpha value is -4.45. The monoisotopic (exact) mass is 484 g/mol. The number of carbonyl (C=O) groups excluding carboxylic acids is 1. The fourth-order valence-electron chi connectivity index (χ4n) is 4.05. The lowest BCUT2D eigenvalue weighted by atomic mass is 9.92. The van der Waals surface area contributed by atoms with Crippen molar-refractivity contribution in [1.82, 2.24) is 0 Å². The van der Waals surface area contributed by atoms with Gasteiger partial charge in [0.05, 0.1) is 7.11 Å². The first-order chi connectivity index (χ1) is 17.4. The summed E-state index contributed by atoms with van der Waals surface area (Å²) in [5.41, 5.74) is 6.67. The van der Waals surface area contributed by atoms with E-state index >= 15 is 0 Å². The highest BCUT2D eigenvalue weighted by molar-refractivity contribution is 5.76. The molecule has 0 bridgehead atoms. The number of aromatic hydroxyl groups is 2. The van der Waals surface area contributed by atoms with Gasteiger partial charge in [-0.1, -0.05) is 36.4 Å². The van der Waals surface area contributed by atoms with Gasteiger partial charge < -0.3 is 24.4 Å². The van der Waals surface area contributed by atoms with Crippen LogP contribution in [0.4, 0.5) is 0 Å². The maximum Gasteiger partial charge on any atom is 0.161 e. The van der Waals surface area contributed by atoms with Crippen molar-refractivity contribution < 1.29 is 29.2 Å². The number of phenols is 2. The van der Waals surface area contributed by atoms with Crippen molar-refractivity contribution in [2.24, 2.45) is 0 Å². The van der Waals surface area contributed by atoms with Crippen molar-refractivity contribution in [3.8, 4) is 39.9 Å². The van der Waals surface area contributed by atoms with E-state index in [0.717, 1.165) is 33.4 Å². The molecule has 0 aromatic heterocycles. The third kappa shape index (κ3) is 5.28. The molecule has 4 aromatic carbocycles. The zero-order chi connectivity index (χ0) is 25.7. The van der Waals surface area contributed by atoms with Gasteiger partial charge in [0.1, 0.15) is 25.2 Å². The van der Waals surface area contributed by atoms with Crippen molar-refractivity contribution >= 4 is 6.29 Å². The van der Waals surface area contributed by atoms with E-state index in [1.54, 1.807) is 31.4 Å². The molecule has 0 aliphatic carbocycles. The quantitative estimate of drug-likeness (QED) is 0.269. The van der Waals surface area contributed by atoms with Crippen molar-refractivity contribution in [1.29, 1.82) is 0 Å². The molecule has 4 rings (SSSR count). The third-order valence-electron chi connectivity index (χ3n) is 6.23. The van der Waals surface area contributed by atoms with E-state index in [0.29, 0.717) is 35.7 Å². The second-order valence-corrected chi connectivity index (χ2v) is 8.44. The standard InChI is InChI=1S/C30H28O6/c1-19-22(17-35-29-12-10-21(16-31)14-27(29)32)6-4-8-25(19)26-9-5-7-23(20(26)2)18-36-30-13-11-24(34-3)15-28(30)33/h4-16,32-33H,17-18H2,1-3H3. The second-order valence-electron chi connectivity index (χ2n) is 8.44. The highest BCUT2D eigenvalue weighted by atomic mass is 16.5. The number of carbonyl (C=O) groups is 1. The summed E-state index contributed by atoms with van der Waals surface area (Å²) in [5.74, 6) is 1.23. The van der Waals surface area contributed by atoms with Gasteiger partial charge in [0.25, 0.3) is 0 Å². The number of ether oxygens (including phenoxy) is 3. The molecule has 184 valence electrons. The molecular weight excluding hydrogens is 456 g/mol. The summed E-state index contributed by atoms with van der Waals surface area (Å²) in [7, 11) is 1.54. The van der Waals surface area contributed by atoms with Crippen LogP contribution in [0.5, 0.6) is 28.7 Å². The summed E-state index contributed by atoms with van der Waals surface area (Å²) in [6.07, 6.45) is 0.679. The minimum Gasteiger partial charge on any atom is -0.504 e. The predicted octanol–water partition coefficient (Wildman–Crippen LogP) is 6.36. The highest BCUT2D eigenvalue weighted by Gasteiger charge is 2.13. The predicted molar refractivity (Wildman–Crippen MR) is 138 cm³/mol. The molecule has 0 saturated heterocycles. The number of hydrogen-bond acceptors (Lipinski definition) is 6. The number of rotatable bonds is 9. The van der Waals surface area contributed by atoms with Crippen molar-refractivity contribution in [2.45, 2.75) is 27.1 Å². The van der Waals surface area contributed by atoms with Crippen molar-refractivity contribution in [3.63, 3.8) is 0 Å². The third-order valence-corrected chi connectivity index (χ3v) is 6.23. The van der Waals surface area contributed by atoms with Crippen LogP contribution in [0.1, 0.15) is 32.6 Å². The van der Waals surface area contributed by atoms with Gasteiger partial charge in [-0.15, -0.1) is 0 Å². The number of aldehydes is 1. The highest BCUT2D eigenvalue weighted by Crippen LogP contribution is 2.34. The summed E-state index contributed by atoms with van der Waals surface area (Å²) in [6.45, 7) is 4.67. The topological polar surface area (TPSA) is 85.2 Å². The van der Waals surface area contributed by atoms with Gasteiger partial charge in [0.15, 0.2) is 23.0 Å². The van der Waals surface area contributed by atoms with Crippen LogP contribution in [0.25, 0.3) is 11.1 Å². The first-order valence-electron chi connectivity index (χ1n) is 11.5. The van der Waals surface area contributed by atoms with E-state index in [2.05, 4.69) is 19.1 Å². The van der Waals surface area contributed by atoms with Crippen molar-refractivity contribution in [2.75, 3.05) is 7.11 Å². The molecule has 0 fully saturated rings. The van der Waals surface area contributed by atoms with Crippen LogP contribution in [-0.2, 0) is 13.2 Å². The smallest absolute Gasteiger partial charge is 0.161 e. The lowest BCUT2D eigenvalue weighted by molar-refractivity contribution is 0.112. The molecule has 0 spiro atoms. The minimum absolute atomic E-state index is 0.0264. The fourth-order valence-corrected chi connectivity index (χ4v) is 4.05. The summed E-state index contributed by atoms with van der Waals surface area (Å²) in [4.78, 5) is 10.9.